The van der Waals surface area contributed by atoms with E-state index in [0.717, 1.165) is 0 Å². The summed E-state index contributed by atoms with van der Waals surface area (Å²) >= 11 is 0. The van der Waals surface area contributed by atoms with Gasteiger partial charge in [-0.3, -0.25) is 0 Å². The molecule has 5 heteroatoms. The van der Waals surface area contributed by atoms with Gasteiger partial charge in [0.1, 0.15) is 0 Å². The number of pyridine rings is 1. The molecule has 2 aromatic heterocycles. The summed E-state index contributed by atoms with van der Waals surface area (Å²) in [7, 11) is 0. The Morgan fingerprint density at radius 3 is 3.00 bits per heavy atom. The van der Waals surface area contributed by atoms with Crippen molar-refractivity contribution in [2.24, 2.45) is 0 Å². The molecule has 0 atom stereocenters. The van der Waals surface area contributed by atoms with Gasteiger partial charge in [-0.1, -0.05) is 0 Å². The van der Waals surface area contributed by atoms with Gasteiger partial charge in [0.25, 0.3) is 5.95 Å². The number of aromatic nitrogens is 1. The van der Waals surface area contributed by atoms with Crippen LogP contribution in [0.15, 0.2) is 25.9 Å². The molecule has 0 saturated heterocycles. The fourth-order valence-corrected chi connectivity index (χ4v) is 0.773. The number of halogens is 1. The van der Waals surface area contributed by atoms with Crippen molar-refractivity contribution in [3.8, 4) is 0 Å². The Morgan fingerprint density at radius 2 is 2.27 bits per heavy atom. The van der Waals surface area contributed by atoms with Crippen molar-refractivity contribution in [3.05, 3.63) is 28.8 Å². The van der Waals surface area contributed by atoms with Gasteiger partial charge >= 0.3 is 5.82 Å². The van der Waals surface area contributed by atoms with Crippen molar-refractivity contribution >= 4 is 11.2 Å². The first kappa shape index (κ1) is 6.09. The number of nitrogens with zero attached hydrogens (tertiary/aromatic N) is 1. The van der Waals surface area contributed by atoms with Gasteiger partial charge in [0, 0.05) is 12.3 Å². The lowest BCUT2D eigenvalue weighted by Gasteiger charge is -1.83. The fraction of sp³-hybridized carbons (Fsp3) is 0. The predicted octanol–water partition coefficient (Wildman–Crippen LogP) is 0.920. The summed E-state index contributed by atoms with van der Waals surface area (Å²) < 4.78 is 21.4. The van der Waals surface area contributed by atoms with E-state index in [1.54, 1.807) is 0 Å². The monoisotopic (exact) mass is 155 g/mol. The van der Waals surface area contributed by atoms with Gasteiger partial charge in [-0.2, -0.15) is 4.39 Å². The Balaban J connectivity index is 3.01. The highest BCUT2D eigenvalue weighted by molar-refractivity contribution is 5.68. The molecule has 0 aliphatic carbocycles. The molecule has 0 bridgehead atoms. The van der Waals surface area contributed by atoms with Crippen molar-refractivity contribution in [1.29, 1.82) is 0 Å². The average Bonchev–Trinajstić information content (AvgIpc) is 2.31. The lowest BCUT2D eigenvalue weighted by Crippen LogP contribution is -1.84. The summed E-state index contributed by atoms with van der Waals surface area (Å²) in [6.07, 6.45) is 1.19. The van der Waals surface area contributed by atoms with Gasteiger partial charge < -0.3 is 8.83 Å². The third-order valence-electron chi connectivity index (χ3n) is 1.20. The lowest BCUT2D eigenvalue weighted by atomic mass is 10.4. The number of fused-ring (bicyclic) bond motifs is 1. The quantitative estimate of drug-likeness (QED) is 0.531. The van der Waals surface area contributed by atoms with Crippen LogP contribution in [0.3, 0.4) is 0 Å². The fourth-order valence-electron chi connectivity index (χ4n) is 0.773. The van der Waals surface area contributed by atoms with E-state index in [2.05, 4.69) is 13.8 Å². The summed E-state index contributed by atoms with van der Waals surface area (Å²) in [6, 6.07) is 1.35. The predicted molar refractivity (Wildman–Crippen MR) is 32.5 cm³/mol. The zero-order chi connectivity index (χ0) is 7.84. The molecule has 0 fully saturated rings. The van der Waals surface area contributed by atoms with E-state index in [1.807, 2.05) is 0 Å². The Bertz CT molecular complexity index is 444. The van der Waals surface area contributed by atoms with Gasteiger partial charge in [0.15, 0.2) is 5.58 Å². The van der Waals surface area contributed by atoms with E-state index >= 15 is 0 Å². The molecule has 0 spiro atoms. The topological polar surface area (TPSA) is 56.2 Å². The van der Waals surface area contributed by atoms with E-state index in [9.17, 15) is 9.18 Å². The molecule has 11 heavy (non-hydrogen) atoms. The van der Waals surface area contributed by atoms with Crippen LogP contribution >= 0.6 is 0 Å². The molecule has 0 aromatic carbocycles. The molecule has 0 radical (unpaired) electrons. The third-order valence-corrected chi connectivity index (χ3v) is 1.20. The van der Waals surface area contributed by atoms with Crippen molar-refractivity contribution in [1.82, 2.24) is 4.98 Å². The van der Waals surface area contributed by atoms with Crippen LogP contribution in [0.5, 0.6) is 0 Å². The summed E-state index contributed by atoms with van der Waals surface area (Å²) in [5, 5.41) is 0. The average molecular weight is 155 g/mol. The van der Waals surface area contributed by atoms with Crippen LogP contribution in [0.2, 0.25) is 0 Å². The summed E-state index contributed by atoms with van der Waals surface area (Å²) in [5.41, 5.74) is -0.167. The normalized spacial score (nSPS) is 10.6. The van der Waals surface area contributed by atoms with Crippen LogP contribution in [0.4, 0.5) is 4.39 Å². The van der Waals surface area contributed by atoms with Gasteiger partial charge in [-0.15, -0.1) is 0 Å². The third kappa shape index (κ3) is 0.813. The highest BCUT2D eigenvalue weighted by atomic mass is 19.1. The van der Waals surface area contributed by atoms with Crippen molar-refractivity contribution < 1.29 is 13.2 Å². The van der Waals surface area contributed by atoms with E-state index in [-0.39, 0.29) is 11.2 Å². The maximum Gasteiger partial charge on any atom is 0.519 e. The molecular formula is C6H2FNO3. The SMILES string of the molecule is O=c1oc2ccnc(F)c2o1. The maximum atomic E-state index is 12.6. The van der Waals surface area contributed by atoms with E-state index in [4.69, 9.17) is 0 Å². The molecule has 0 aliphatic rings. The maximum absolute atomic E-state index is 12.6. The van der Waals surface area contributed by atoms with Crippen LogP contribution in [-0.4, -0.2) is 4.98 Å². The number of hydrogen-bond acceptors (Lipinski definition) is 4. The van der Waals surface area contributed by atoms with Gasteiger partial charge in [0.05, 0.1) is 0 Å². The molecule has 0 saturated carbocycles. The first-order valence-electron chi connectivity index (χ1n) is 2.81. The number of hydrogen-bond donors (Lipinski definition) is 0. The zero-order valence-electron chi connectivity index (χ0n) is 5.20. The second-order valence-electron chi connectivity index (χ2n) is 1.88. The molecule has 0 amide bonds. The van der Waals surface area contributed by atoms with Gasteiger partial charge in [-0.05, 0) is 0 Å². The van der Waals surface area contributed by atoms with Crippen molar-refractivity contribution in [2.45, 2.75) is 0 Å². The Morgan fingerprint density at radius 1 is 1.45 bits per heavy atom. The second kappa shape index (κ2) is 1.91. The molecule has 0 unspecified atom stereocenters. The minimum absolute atomic E-state index is 0.0718. The lowest BCUT2D eigenvalue weighted by molar-refractivity contribution is 0.403. The van der Waals surface area contributed by atoms with Crippen LogP contribution < -0.4 is 5.82 Å². The smallest absolute Gasteiger partial charge is 0.390 e. The van der Waals surface area contributed by atoms with Crippen molar-refractivity contribution in [2.75, 3.05) is 0 Å². The Labute approximate surface area is 59.3 Å². The van der Waals surface area contributed by atoms with E-state index in [1.165, 1.54) is 12.3 Å². The van der Waals surface area contributed by atoms with Crippen LogP contribution in [0.25, 0.3) is 11.2 Å². The largest absolute Gasteiger partial charge is 0.519 e. The number of rotatable bonds is 0. The van der Waals surface area contributed by atoms with Crippen LogP contribution in [-0.2, 0) is 0 Å². The molecule has 2 heterocycles. The molecule has 56 valence electrons. The molecule has 0 aliphatic heterocycles. The van der Waals surface area contributed by atoms with Crippen molar-refractivity contribution in [3.63, 3.8) is 0 Å². The second-order valence-corrected chi connectivity index (χ2v) is 1.88. The molecule has 2 aromatic rings. The van der Waals surface area contributed by atoms with Gasteiger partial charge in [0.2, 0.25) is 5.58 Å². The zero-order valence-corrected chi connectivity index (χ0v) is 5.20. The van der Waals surface area contributed by atoms with Gasteiger partial charge in [-0.25, -0.2) is 9.78 Å². The van der Waals surface area contributed by atoms with E-state index < -0.39 is 11.8 Å². The van der Waals surface area contributed by atoms with Crippen LogP contribution in [0.1, 0.15) is 0 Å². The first-order valence-corrected chi connectivity index (χ1v) is 2.81. The highest BCUT2D eigenvalue weighted by Crippen LogP contribution is 2.12. The highest BCUT2D eigenvalue weighted by Gasteiger charge is 2.08. The molecular weight excluding hydrogens is 153 g/mol. The Kier molecular flexibility index (Phi) is 1.06. The first-order chi connectivity index (χ1) is 5.27. The summed E-state index contributed by atoms with van der Waals surface area (Å²) in [4.78, 5) is 13.7. The Hall–Kier alpha value is -1.65. The standard InChI is InChI=1S/C6H2FNO3/c7-5-4-3(1-2-8-5)10-6(9)11-4/h1-2H. The molecule has 0 N–H and O–H groups in total. The summed E-state index contributed by atoms with van der Waals surface area (Å²) in [6.45, 7) is 0. The van der Waals surface area contributed by atoms with Crippen LogP contribution in [0, 0.1) is 5.95 Å². The minimum Gasteiger partial charge on any atom is -0.390 e. The molecule has 2 rings (SSSR count). The minimum atomic E-state index is -0.924. The summed E-state index contributed by atoms with van der Waals surface area (Å²) in [5.74, 6) is -1.76. The molecule has 4 nitrogen and oxygen atoms in total. The van der Waals surface area contributed by atoms with E-state index in [0.29, 0.717) is 0 Å².